The van der Waals surface area contributed by atoms with Gasteiger partial charge in [0, 0.05) is 30.4 Å². The van der Waals surface area contributed by atoms with Crippen LogP contribution in [0.15, 0.2) is 49.1 Å². The smallest absolute Gasteiger partial charge is 1.00 e. The zero-order valence-corrected chi connectivity index (χ0v) is 37.7. The van der Waals surface area contributed by atoms with Crippen molar-refractivity contribution in [3.05, 3.63) is 115 Å². The van der Waals surface area contributed by atoms with Gasteiger partial charge in [0.15, 0.2) is 31.1 Å². The van der Waals surface area contributed by atoms with E-state index in [9.17, 15) is 35.5 Å². The number of sulfone groups is 2. The van der Waals surface area contributed by atoms with E-state index in [4.69, 9.17) is 56.5 Å². The minimum absolute atomic E-state index is 0. The Morgan fingerprint density at radius 3 is 2.08 bits per heavy atom. The second-order valence-electron chi connectivity index (χ2n) is 9.40. The van der Waals surface area contributed by atoms with E-state index < -0.39 is 70.8 Å². The fraction of sp³-hybridized carbons (Fsp3) is 0.143. The number of esters is 1. The van der Waals surface area contributed by atoms with Crippen molar-refractivity contribution in [1.29, 1.82) is 0 Å². The number of hydrogen-bond acceptors (Lipinski definition) is 14. The van der Waals surface area contributed by atoms with Gasteiger partial charge >= 0.3 is 109 Å². The molecule has 1 aliphatic rings. The number of benzene rings is 2. The number of nitrogens with zero attached hydrogens (tertiary/aromatic N) is 4. The zero-order chi connectivity index (χ0) is 37.4. The summed E-state index contributed by atoms with van der Waals surface area (Å²) >= 11 is 23.4. The Labute approximate surface area is 401 Å². The summed E-state index contributed by atoms with van der Waals surface area (Å²) in [6.45, 7) is -0.181. The van der Waals surface area contributed by atoms with Gasteiger partial charge in [-0.15, -0.1) is 0 Å². The first kappa shape index (κ1) is 49.3. The molecule has 0 radical (unpaired) electrons. The van der Waals surface area contributed by atoms with Crippen LogP contribution >= 0.6 is 46.4 Å². The van der Waals surface area contributed by atoms with Gasteiger partial charge in [-0.2, -0.15) is 0 Å². The first-order chi connectivity index (χ1) is 23.5. The number of carbonyl (C=O) groups is 2. The van der Waals surface area contributed by atoms with Crippen molar-refractivity contribution in [2.45, 2.75) is 17.3 Å². The molecule has 0 atom stereocenters. The van der Waals surface area contributed by atoms with Crippen LogP contribution in [0.5, 0.6) is 0 Å². The molecule has 0 aliphatic carbocycles. The summed E-state index contributed by atoms with van der Waals surface area (Å²) in [5.41, 5.74) is -0.968. The predicted octanol–water partition coefficient (Wildman–Crippen LogP) is -1.39. The van der Waals surface area contributed by atoms with Crippen LogP contribution in [0.1, 0.15) is 40.1 Å². The molecule has 0 saturated heterocycles. The molecule has 0 unspecified atom stereocenters. The first-order valence-corrected chi connectivity index (χ1v) is 18.0. The van der Waals surface area contributed by atoms with E-state index in [0.717, 1.165) is 19.2 Å². The van der Waals surface area contributed by atoms with Gasteiger partial charge in [-0.1, -0.05) is 46.4 Å². The van der Waals surface area contributed by atoms with E-state index in [1.165, 1.54) is 36.9 Å². The molecule has 0 saturated carbocycles. The van der Waals surface area contributed by atoms with Gasteiger partial charge in [0.1, 0.15) is 22.2 Å². The number of ether oxygens (including phenoxy) is 1. The van der Waals surface area contributed by atoms with Crippen molar-refractivity contribution in [3.8, 4) is 0 Å². The molecule has 2 aromatic carbocycles. The third-order valence-corrected chi connectivity index (χ3v) is 10.9. The van der Waals surface area contributed by atoms with Gasteiger partial charge in [-0.3, -0.25) is 14.8 Å². The molecule has 3 heterocycles. The molecule has 0 spiro atoms. The molecule has 24 heteroatoms. The maximum Gasteiger partial charge on any atom is 1.00 e. The summed E-state index contributed by atoms with van der Waals surface area (Å²) in [6.07, 6.45) is 5.07. The molecule has 1 aliphatic heterocycles. The molecule has 14 nitrogen and oxygen atoms in total. The Kier molecular flexibility index (Phi) is 20.9. The maximum absolute atomic E-state index is 14.1. The average Bonchev–Trinajstić information content (AvgIpc) is 3.08. The van der Waals surface area contributed by atoms with Crippen molar-refractivity contribution >= 4 is 89.2 Å². The van der Waals surface area contributed by atoms with Gasteiger partial charge in [0.25, 0.3) is 6.47 Å². The zero-order valence-electron chi connectivity index (χ0n) is 27.8. The number of aliphatic hydroxyl groups is 1. The standard InChI is InChI=1S/C14H11Cl2FN2O4S.C13H7Cl2FN2O3S.CH2O3.2K.H/c1-23-14(20)13-11(18-4-5-19-13)7-24(21,22)6-8-10(17)3-2-9(15)12(8)16;14-6-1-2-7(16)9(10(6)15)13-12(19)11-8(5-22(13,20)21)17-3-4-18-11;2-1-4-3;;;/h2-5H,6-7H2,1H3;1-4,19H,5H2;1,3H;;;/q;;;2*+1;-1/p-1. The molecule has 0 fully saturated rings. The molecular weight excluding hydrogens is 874 g/mol. The minimum atomic E-state index is -4.06. The topological polar surface area (TPSA) is 216 Å². The van der Waals surface area contributed by atoms with Crippen LogP contribution in [-0.4, -0.2) is 61.4 Å². The van der Waals surface area contributed by atoms with E-state index in [1.807, 2.05) is 0 Å². The fourth-order valence-electron chi connectivity index (χ4n) is 4.11. The maximum atomic E-state index is 14.1. The molecule has 0 bridgehead atoms. The summed E-state index contributed by atoms with van der Waals surface area (Å²) in [4.78, 5) is 37.6. The van der Waals surface area contributed by atoms with Gasteiger partial charge < -0.3 is 21.4 Å². The number of carbonyl (C=O) groups excluding carboxylic acids is 2. The molecule has 0 amide bonds. The van der Waals surface area contributed by atoms with Crippen LogP contribution in [0.2, 0.25) is 20.1 Å². The summed E-state index contributed by atoms with van der Waals surface area (Å²) in [5, 5.41) is 18.3. The third-order valence-electron chi connectivity index (χ3n) is 6.17. The number of aromatic nitrogens is 4. The Bertz CT molecular complexity index is 2210. The van der Waals surface area contributed by atoms with Crippen molar-refractivity contribution < 1.29 is 159 Å². The molecule has 52 heavy (non-hydrogen) atoms. The summed E-state index contributed by atoms with van der Waals surface area (Å²) in [6, 6.07) is 4.43. The largest absolute Gasteiger partial charge is 1.00 e. The number of halogens is 6. The molecule has 268 valence electrons. The first-order valence-electron chi connectivity index (χ1n) is 13.0. The quantitative estimate of drug-likeness (QED) is 0.0566. The molecular formula is C28H20Cl4F2K2N4O10S2. The number of fused-ring (bicyclic) bond motifs is 1. The Hall–Kier alpha value is -0.767. The number of aliphatic hydroxyl groups excluding tert-OH is 1. The van der Waals surface area contributed by atoms with E-state index in [1.54, 1.807) is 0 Å². The van der Waals surface area contributed by atoms with Gasteiger partial charge in [-0.05, 0) is 24.3 Å². The van der Waals surface area contributed by atoms with Crippen LogP contribution in [0.4, 0.5) is 8.78 Å². The number of methoxy groups -OCH3 is 1. The van der Waals surface area contributed by atoms with Crippen molar-refractivity contribution in [2.24, 2.45) is 0 Å². The van der Waals surface area contributed by atoms with E-state index in [2.05, 4.69) is 29.6 Å². The monoisotopic (exact) mass is 892 g/mol. The summed E-state index contributed by atoms with van der Waals surface area (Å²) in [7, 11) is -6.83. The van der Waals surface area contributed by atoms with Crippen molar-refractivity contribution in [3.63, 3.8) is 0 Å². The van der Waals surface area contributed by atoms with Crippen LogP contribution in [-0.2, 0) is 51.4 Å². The van der Waals surface area contributed by atoms with Crippen LogP contribution < -0.4 is 108 Å². The second kappa shape index (κ2) is 22.1. The normalized spacial score (nSPS) is 12.6. The van der Waals surface area contributed by atoms with Crippen molar-refractivity contribution in [2.75, 3.05) is 7.11 Å². The Morgan fingerprint density at radius 1 is 0.942 bits per heavy atom. The second-order valence-corrected chi connectivity index (χ2v) is 15.0. The van der Waals surface area contributed by atoms with Gasteiger partial charge in [-0.25, -0.2) is 40.4 Å². The van der Waals surface area contributed by atoms with Gasteiger partial charge in [0.2, 0.25) is 0 Å². The van der Waals surface area contributed by atoms with Crippen molar-refractivity contribution in [1.82, 2.24) is 19.9 Å². The van der Waals surface area contributed by atoms with E-state index >= 15 is 0 Å². The molecule has 4 aromatic rings. The van der Waals surface area contributed by atoms with Crippen LogP contribution in [0, 0.1) is 11.6 Å². The average molecular weight is 895 g/mol. The van der Waals surface area contributed by atoms with Crippen LogP contribution in [0.3, 0.4) is 0 Å². The minimum Gasteiger partial charge on any atom is -1.00 e. The predicted molar refractivity (Wildman–Crippen MR) is 175 cm³/mol. The van der Waals surface area contributed by atoms with E-state index in [0.29, 0.717) is 0 Å². The molecule has 2 aromatic heterocycles. The number of rotatable bonds is 7. The Balaban J connectivity index is 0.000000883. The van der Waals surface area contributed by atoms with Gasteiger partial charge in [0.05, 0.1) is 61.4 Å². The van der Waals surface area contributed by atoms with Crippen LogP contribution in [0.25, 0.3) is 10.7 Å². The van der Waals surface area contributed by atoms with E-state index in [-0.39, 0.29) is 159 Å². The molecule has 1 N–H and O–H groups in total. The third kappa shape index (κ3) is 12.6. The SMILES string of the molecule is COC(=O)c1nccnc1CS(=O)(=O)Cc1c(F)ccc(Cl)c1Cl.O=CO[O-].O=S1(=O)Cc2nccnc2C(O)=C1c1c(F)ccc(Cl)c1Cl.[H-].[K+].[K+]. The number of hydrogen-bond donors (Lipinski definition) is 1. The summed E-state index contributed by atoms with van der Waals surface area (Å²) < 4.78 is 82.1. The Morgan fingerprint density at radius 2 is 1.48 bits per heavy atom. The molecule has 5 rings (SSSR count). The summed E-state index contributed by atoms with van der Waals surface area (Å²) in [5.74, 6) is -5.06. The fourth-order valence-corrected chi connectivity index (χ4v) is 8.11.